The molecule has 6 nitrogen and oxygen atoms in total. The maximum absolute atomic E-state index is 11.1. The first-order valence-corrected chi connectivity index (χ1v) is 9.04. The summed E-state index contributed by atoms with van der Waals surface area (Å²) in [4.78, 5) is 2.23. The highest BCUT2D eigenvalue weighted by Crippen LogP contribution is 2.16. The molecule has 20 heavy (non-hydrogen) atoms. The molecule has 1 aromatic rings. The minimum Gasteiger partial charge on any atom is -0.354 e. The maximum Gasteiger partial charge on any atom is 0.151 e. The number of sulfone groups is 1. The van der Waals surface area contributed by atoms with Gasteiger partial charge in [-0.25, -0.2) is 8.42 Å². The first kappa shape index (κ1) is 15.2. The fourth-order valence-electron chi connectivity index (χ4n) is 2.45. The van der Waals surface area contributed by atoms with Gasteiger partial charge in [0.1, 0.15) is 9.84 Å². The van der Waals surface area contributed by atoms with Crippen LogP contribution in [-0.2, 0) is 9.84 Å². The normalized spacial score (nSPS) is 20.1. The monoisotopic (exact) mass is 298 g/mol. The molecular formula is C13H22N4O2S. The van der Waals surface area contributed by atoms with Crippen LogP contribution in [0.2, 0.25) is 0 Å². The average Bonchev–Trinajstić information content (AvgIpc) is 2.44. The zero-order valence-corrected chi connectivity index (χ0v) is 12.6. The zero-order chi connectivity index (χ0) is 14.4. The van der Waals surface area contributed by atoms with E-state index >= 15 is 0 Å². The molecule has 0 amide bonds. The summed E-state index contributed by atoms with van der Waals surface area (Å²) in [6.45, 7) is 2.64. The van der Waals surface area contributed by atoms with Crippen LogP contribution < -0.4 is 10.2 Å². The molecule has 1 atom stereocenters. The van der Waals surface area contributed by atoms with Crippen LogP contribution in [0.15, 0.2) is 18.3 Å². The zero-order valence-electron chi connectivity index (χ0n) is 11.8. The Hall–Kier alpha value is -1.21. The van der Waals surface area contributed by atoms with Crippen LogP contribution in [0, 0.1) is 0 Å². The van der Waals surface area contributed by atoms with Crippen LogP contribution in [0.4, 0.5) is 5.82 Å². The van der Waals surface area contributed by atoms with Gasteiger partial charge in [-0.15, -0.1) is 5.10 Å². The molecule has 0 aromatic carbocycles. The van der Waals surface area contributed by atoms with E-state index in [4.69, 9.17) is 0 Å². The van der Waals surface area contributed by atoms with Crippen LogP contribution in [-0.4, -0.2) is 56.3 Å². The van der Waals surface area contributed by atoms with Crippen LogP contribution in [0.5, 0.6) is 0 Å². The Morgan fingerprint density at radius 2 is 2.35 bits per heavy atom. The largest absolute Gasteiger partial charge is 0.354 e. The van der Waals surface area contributed by atoms with E-state index in [9.17, 15) is 8.42 Å². The van der Waals surface area contributed by atoms with Crippen molar-refractivity contribution >= 4 is 15.7 Å². The highest BCUT2D eigenvalue weighted by molar-refractivity contribution is 7.90. The molecule has 1 N–H and O–H groups in total. The van der Waals surface area contributed by atoms with Crippen molar-refractivity contribution in [2.24, 2.45) is 0 Å². The first-order valence-electron chi connectivity index (χ1n) is 6.98. The molecule has 0 aliphatic carbocycles. The van der Waals surface area contributed by atoms with Gasteiger partial charge in [-0.05, 0) is 37.9 Å². The summed E-state index contributed by atoms with van der Waals surface area (Å²) >= 11 is 0. The van der Waals surface area contributed by atoms with Crippen LogP contribution in [0.3, 0.4) is 0 Å². The van der Waals surface area contributed by atoms with E-state index < -0.39 is 9.84 Å². The molecule has 0 unspecified atom stereocenters. The minimum atomic E-state index is -2.85. The minimum absolute atomic E-state index is 0.251. The fraction of sp³-hybridized carbons (Fsp3) is 0.692. The van der Waals surface area contributed by atoms with Gasteiger partial charge in [0.15, 0.2) is 5.82 Å². The standard InChI is InChI=1S/C13H22N4O2S/c1-20(18,19)10-4-7-14-12-5-3-9-17(11-12)13-6-2-8-15-16-13/h2,6,8,12,14H,3-5,7,9-11H2,1H3/t12-/m0/s1. The highest BCUT2D eigenvalue weighted by Gasteiger charge is 2.20. The van der Waals surface area contributed by atoms with Gasteiger partial charge in [-0.2, -0.15) is 5.10 Å². The van der Waals surface area contributed by atoms with E-state index in [1.165, 1.54) is 6.26 Å². The van der Waals surface area contributed by atoms with Crippen molar-refractivity contribution < 1.29 is 8.42 Å². The van der Waals surface area contributed by atoms with Crippen molar-refractivity contribution in [3.05, 3.63) is 18.3 Å². The quantitative estimate of drug-likeness (QED) is 0.770. The second-order valence-corrected chi connectivity index (χ2v) is 7.56. The molecule has 1 saturated heterocycles. The third-order valence-corrected chi connectivity index (χ3v) is 4.46. The number of aromatic nitrogens is 2. The van der Waals surface area contributed by atoms with Crippen molar-refractivity contribution in [1.29, 1.82) is 0 Å². The third kappa shape index (κ3) is 5.05. The van der Waals surface area contributed by atoms with Crippen molar-refractivity contribution in [2.75, 3.05) is 36.5 Å². The van der Waals surface area contributed by atoms with E-state index in [-0.39, 0.29) is 5.75 Å². The molecule has 1 fully saturated rings. The van der Waals surface area contributed by atoms with Gasteiger partial charge >= 0.3 is 0 Å². The number of piperidine rings is 1. The van der Waals surface area contributed by atoms with E-state index in [0.717, 1.165) is 38.3 Å². The molecule has 2 heterocycles. The van der Waals surface area contributed by atoms with Gasteiger partial charge in [-0.1, -0.05) is 0 Å². The molecule has 1 aliphatic heterocycles. The topological polar surface area (TPSA) is 75.2 Å². The van der Waals surface area contributed by atoms with Crippen molar-refractivity contribution in [2.45, 2.75) is 25.3 Å². The van der Waals surface area contributed by atoms with Crippen LogP contribution in [0.1, 0.15) is 19.3 Å². The number of hydrogen-bond acceptors (Lipinski definition) is 6. The van der Waals surface area contributed by atoms with Crippen LogP contribution in [0.25, 0.3) is 0 Å². The Balaban J connectivity index is 1.76. The second kappa shape index (κ2) is 6.99. The summed E-state index contributed by atoms with van der Waals surface area (Å²) < 4.78 is 22.1. The molecule has 0 saturated carbocycles. The third-order valence-electron chi connectivity index (χ3n) is 3.43. The first-order chi connectivity index (χ1) is 9.54. The lowest BCUT2D eigenvalue weighted by Crippen LogP contribution is -2.46. The van der Waals surface area contributed by atoms with Gasteiger partial charge in [-0.3, -0.25) is 0 Å². The Labute approximate surface area is 120 Å². The Morgan fingerprint density at radius 3 is 3.05 bits per heavy atom. The summed E-state index contributed by atoms with van der Waals surface area (Å²) in [7, 11) is -2.85. The summed E-state index contributed by atoms with van der Waals surface area (Å²) in [6.07, 6.45) is 5.86. The van der Waals surface area contributed by atoms with Gasteiger partial charge in [0.05, 0.1) is 5.75 Å². The van der Waals surface area contributed by atoms with Gasteiger partial charge in [0, 0.05) is 31.6 Å². The molecule has 1 aliphatic rings. The summed E-state index contributed by atoms with van der Waals surface area (Å²) in [5.41, 5.74) is 0. The number of nitrogens with one attached hydrogen (secondary N) is 1. The Bertz CT molecular complexity index is 506. The van der Waals surface area contributed by atoms with Gasteiger partial charge in [0.2, 0.25) is 0 Å². The molecule has 0 bridgehead atoms. The van der Waals surface area contributed by atoms with Crippen molar-refractivity contribution in [1.82, 2.24) is 15.5 Å². The maximum atomic E-state index is 11.1. The van der Waals surface area contributed by atoms with Gasteiger partial charge < -0.3 is 10.2 Å². The Morgan fingerprint density at radius 1 is 1.50 bits per heavy atom. The lowest BCUT2D eigenvalue weighted by atomic mass is 10.1. The fourth-order valence-corrected chi connectivity index (χ4v) is 3.12. The molecule has 0 radical (unpaired) electrons. The smallest absolute Gasteiger partial charge is 0.151 e. The number of anilines is 1. The lowest BCUT2D eigenvalue weighted by molar-refractivity contribution is 0.421. The lowest BCUT2D eigenvalue weighted by Gasteiger charge is -2.33. The second-order valence-electron chi connectivity index (χ2n) is 5.30. The summed E-state index contributed by atoms with van der Waals surface area (Å²) in [6, 6.07) is 4.26. The molecular weight excluding hydrogens is 276 g/mol. The van der Waals surface area contributed by atoms with Crippen molar-refractivity contribution in [3.8, 4) is 0 Å². The molecule has 1 aromatic heterocycles. The van der Waals surface area contributed by atoms with E-state index in [0.29, 0.717) is 12.5 Å². The Kier molecular flexibility index (Phi) is 5.31. The summed E-state index contributed by atoms with van der Waals surface area (Å²) in [5.74, 6) is 1.16. The summed E-state index contributed by atoms with van der Waals surface area (Å²) in [5, 5.41) is 11.5. The highest BCUT2D eigenvalue weighted by atomic mass is 32.2. The molecule has 0 spiro atoms. The van der Waals surface area contributed by atoms with E-state index in [2.05, 4.69) is 20.4 Å². The number of hydrogen-bond donors (Lipinski definition) is 1. The van der Waals surface area contributed by atoms with E-state index in [1.807, 2.05) is 12.1 Å². The van der Waals surface area contributed by atoms with Gasteiger partial charge in [0.25, 0.3) is 0 Å². The number of rotatable bonds is 6. The SMILES string of the molecule is CS(=O)(=O)CCCN[C@H]1CCCN(c2cccnn2)C1. The van der Waals surface area contributed by atoms with E-state index in [1.54, 1.807) is 6.20 Å². The number of nitrogens with zero attached hydrogens (tertiary/aromatic N) is 3. The average molecular weight is 298 g/mol. The van der Waals surface area contributed by atoms with Crippen LogP contribution >= 0.6 is 0 Å². The molecule has 112 valence electrons. The van der Waals surface area contributed by atoms with Crippen molar-refractivity contribution in [3.63, 3.8) is 0 Å². The molecule has 7 heteroatoms. The molecule has 2 rings (SSSR count). The predicted molar refractivity (Wildman–Crippen MR) is 79.6 cm³/mol. The predicted octanol–water partition coefficient (Wildman–Crippen LogP) is 0.470.